The summed E-state index contributed by atoms with van der Waals surface area (Å²) in [4.78, 5) is 1.55. The third-order valence-electron chi connectivity index (χ3n) is 4.01. The number of rotatable bonds is 8. The minimum absolute atomic E-state index is 0.196. The van der Waals surface area contributed by atoms with Gasteiger partial charge in [-0.1, -0.05) is 26.7 Å². The van der Waals surface area contributed by atoms with Crippen molar-refractivity contribution in [2.45, 2.75) is 63.4 Å². The summed E-state index contributed by atoms with van der Waals surface area (Å²) in [6.45, 7) is 6.34. The zero-order valence-corrected chi connectivity index (χ0v) is 14.6. The molecule has 1 N–H and O–H groups in total. The Balaban J connectivity index is 2.10. The van der Waals surface area contributed by atoms with Gasteiger partial charge in [-0.25, -0.2) is 8.42 Å². The van der Waals surface area contributed by atoms with E-state index >= 15 is 0 Å². The lowest BCUT2D eigenvalue weighted by Gasteiger charge is -2.26. The molecule has 0 aromatic carbocycles. The highest BCUT2D eigenvalue weighted by Crippen LogP contribution is 2.30. The van der Waals surface area contributed by atoms with Crippen molar-refractivity contribution < 1.29 is 8.42 Å². The van der Waals surface area contributed by atoms with E-state index in [2.05, 4.69) is 12.2 Å². The summed E-state index contributed by atoms with van der Waals surface area (Å²) in [6, 6.07) is 2.03. The molecule has 4 nitrogen and oxygen atoms in total. The highest BCUT2D eigenvalue weighted by molar-refractivity contribution is 7.89. The Labute approximate surface area is 132 Å². The van der Waals surface area contributed by atoms with Crippen LogP contribution >= 0.6 is 11.3 Å². The Morgan fingerprint density at radius 2 is 2.05 bits per heavy atom. The molecule has 1 aromatic rings. The van der Waals surface area contributed by atoms with Gasteiger partial charge in [-0.2, -0.15) is 4.31 Å². The zero-order chi connectivity index (χ0) is 15.3. The van der Waals surface area contributed by atoms with E-state index < -0.39 is 10.0 Å². The molecule has 0 amide bonds. The SMILES string of the molecule is CCCNCc1cc(S(=O)(=O)N(CC)C2CCCC2)cs1. The molecule has 1 aliphatic rings. The second-order valence-corrected chi connectivity index (χ2v) is 8.46. The normalized spacial score (nSPS) is 16.9. The molecule has 1 aromatic heterocycles. The number of hydrogen-bond acceptors (Lipinski definition) is 4. The molecule has 1 saturated carbocycles. The molecule has 1 aliphatic carbocycles. The third-order valence-corrected chi connectivity index (χ3v) is 7.10. The first kappa shape index (κ1) is 16.9. The summed E-state index contributed by atoms with van der Waals surface area (Å²) in [7, 11) is -3.33. The summed E-state index contributed by atoms with van der Waals surface area (Å²) in [5.74, 6) is 0. The third kappa shape index (κ3) is 4.06. The van der Waals surface area contributed by atoms with Gasteiger partial charge in [0.1, 0.15) is 0 Å². The van der Waals surface area contributed by atoms with E-state index in [1.54, 1.807) is 9.69 Å². The van der Waals surface area contributed by atoms with Gasteiger partial charge in [-0.15, -0.1) is 11.3 Å². The quantitative estimate of drug-likeness (QED) is 0.745. The lowest BCUT2D eigenvalue weighted by molar-refractivity contribution is 0.335. The topological polar surface area (TPSA) is 49.4 Å². The molecule has 6 heteroatoms. The van der Waals surface area contributed by atoms with Crippen molar-refractivity contribution in [3.05, 3.63) is 16.3 Å². The van der Waals surface area contributed by atoms with Crippen LogP contribution in [0.25, 0.3) is 0 Å². The second kappa shape index (κ2) is 7.72. The van der Waals surface area contributed by atoms with E-state index in [9.17, 15) is 8.42 Å². The van der Waals surface area contributed by atoms with E-state index in [1.165, 1.54) is 11.3 Å². The van der Waals surface area contributed by atoms with Gasteiger partial charge < -0.3 is 5.32 Å². The monoisotopic (exact) mass is 330 g/mol. The first-order valence-electron chi connectivity index (χ1n) is 7.89. The molecule has 2 rings (SSSR count). The van der Waals surface area contributed by atoms with Crippen LogP contribution in [-0.2, 0) is 16.6 Å². The van der Waals surface area contributed by atoms with Gasteiger partial charge in [0, 0.05) is 29.4 Å². The molecular weight excluding hydrogens is 304 g/mol. The van der Waals surface area contributed by atoms with Gasteiger partial charge in [0.25, 0.3) is 0 Å². The van der Waals surface area contributed by atoms with Crippen LogP contribution in [0.1, 0.15) is 50.8 Å². The fourth-order valence-corrected chi connectivity index (χ4v) is 5.86. The van der Waals surface area contributed by atoms with Crippen LogP contribution in [0.15, 0.2) is 16.3 Å². The van der Waals surface area contributed by atoms with Gasteiger partial charge in [-0.3, -0.25) is 0 Å². The van der Waals surface area contributed by atoms with Crippen LogP contribution in [0.4, 0.5) is 0 Å². The molecule has 0 radical (unpaired) electrons. The van der Waals surface area contributed by atoms with Gasteiger partial charge in [0.2, 0.25) is 10.0 Å². The first-order chi connectivity index (χ1) is 10.1. The van der Waals surface area contributed by atoms with E-state index in [0.717, 1.165) is 50.1 Å². The summed E-state index contributed by atoms with van der Waals surface area (Å²) in [6.07, 6.45) is 5.38. The van der Waals surface area contributed by atoms with Crippen LogP contribution in [0.5, 0.6) is 0 Å². The molecule has 0 spiro atoms. The fraction of sp³-hybridized carbons (Fsp3) is 0.733. The second-order valence-electron chi connectivity index (χ2n) is 5.57. The molecule has 0 atom stereocenters. The maximum atomic E-state index is 12.8. The predicted molar refractivity (Wildman–Crippen MR) is 88.1 cm³/mol. The number of hydrogen-bond donors (Lipinski definition) is 1. The Kier molecular flexibility index (Phi) is 6.22. The van der Waals surface area contributed by atoms with Crippen LogP contribution in [-0.4, -0.2) is 31.9 Å². The Hall–Kier alpha value is -0.430. The summed E-state index contributed by atoms with van der Waals surface area (Å²) >= 11 is 1.53. The Morgan fingerprint density at radius 3 is 2.67 bits per heavy atom. The standard InChI is InChI=1S/C15H26N2O2S2/c1-3-9-16-11-14-10-15(12-20-14)21(18,19)17(4-2)13-7-5-6-8-13/h10,12-13,16H,3-9,11H2,1-2H3. The van der Waals surface area contributed by atoms with Gasteiger partial charge >= 0.3 is 0 Å². The maximum absolute atomic E-state index is 12.8. The lowest BCUT2D eigenvalue weighted by atomic mass is 10.2. The molecule has 21 heavy (non-hydrogen) atoms. The van der Waals surface area contributed by atoms with Crippen LogP contribution in [0, 0.1) is 0 Å². The minimum Gasteiger partial charge on any atom is -0.312 e. The molecule has 0 saturated heterocycles. The van der Waals surface area contributed by atoms with Gasteiger partial charge in [-0.05, 0) is 31.9 Å². The highest BCUT2D eigenvalue weighted by atomic mass is 32.2. The Morgan fingerprint density at radius 1 is 1.33 bits per heavy atom. The fourth-order valence-electron chi connectivity index (χ4n) is 2.93. The molecule has 1 heterocycles. The van der Waals surface area contributed by atoms with Crippen molar-refractivity contribution in [2.24, 2.45) is 0 Å². The molecular formula is C15H26N2O2S2. The lowest BCUT2D eigenvalue weighted by Crippen LogP contribution is -2.38. The van der Waals surface area contributed by atoms with E-state index in [-0.39, 0.29) is 6.04 Å². The summed E-state index contributed by atoms with van der Waals surface area (Å²) in [5, 5.41) is 5.10. The van der Waals surface area contributed by atoms with Crippen LogP contribution in [0.3, 0.4) is 0 Å². The first-order valence-corrected chi connectivity index (χ1v) is 10.2. The van der Waals surface area contributed by atoms with E-state index in [1.807, 2.05) is 13.0 Å². The zero-order valence-electron chi connectivity index (χ0n) is 13.0. The number of sulfonamides is 1. The van der Waals surface area contributed by atoms with Crippen molar-refractivity contribution in [3.63, 3.8) is 0 Å². The van der Waals surface area contributed by atoms with E-state index in [4.69, 9.17) is 0 Å². The molecule has 0 unspecified atom stereocenters. The largest absolute Gasteiger partial charge is 0.312 e. The average molecular weight is 331 g/mol. The van der Waals surface area contributed by atoms with Crippen molar-refractivity contribution in [1.29, 1.82) is 0 Å². The number of thiophene rings is 1. The van der Waals surface area contributed by atoms with Crippen LogP contribution < -0.4 is 5.32 Å². The molecule has 1 fully saturated rings. The summed E-state index contributed by atoms with van der Waals surface area (Å²) in [5.41, 5.74) is 0. The number of nitrogens with zero attached hydrogens (tertiary/aromatic N) is 1. The van der Waals surface area contributed by atoms with Crippen LogP contribution in [0.2, 0.25) is 0 Å². The van der Waals surface area contributed by atoms with E-state index in [0.29, 0.717) is 11.4 Å². The van der Waals surface area contributed by atoms with Crippen molar-refractivity contribution in [3.8, 4) is 0 Å². The van der Waals surface area contributed by atoms with Crippen molar-refractivity contribution >= 4 is 21.4 Å². The minimum atomic E-state index is -3.33. The van der Waals surface area contributed by atoms with Gasteiger partial charge in [0.05, 0.1) is 4.90 Å². The van der Waals surface area contributed by atoms with Crippen molar-refractivity contribution in [1.82, 2.24) is 9.62 Å². The molecule has 0 aliphatic heterocycles. The highest BCUT2D eigenvalue weighted by Gasteiger charge is 2.32. The predicted octanol–water partition coefficient (Wildman–Crippen LogP) is 3.20. The smallest absolute Gasteiger partial charge is 0.244 e. The summed E-state index contributed by atoms with van der Waals surface area (Å²) < 4.78 is 27.3. The van der Waals surface area contributed by atoms with Crippen molar-refractivity contribution in [2.75, 3.05) is 13.1 Å². The number of nitrogens with one attached hydrogen (secondary N) is 1. The average Bonchev–Trinajstić information content (AvgIpc) is 3.11. The Bertz CT molecular complexity index is 534. The van der Waals surface area contributed by atoms with Gasteiger partial charge in [0.15, 0.2) is 0 Å². The maximum Gasteiger partial charge on any atom is 0.244 e. The molecule has 0 bridgehead atoms. The molecule has 120 valence electrons.